The van der Waals surface area contributed by atoms with Gasteiger partial charge in [0.15, 0.2) is 0 Å². The van der Waals surface area contributed by atoms with E-state index in [9.17, 15) is 13.6 Å². The van der Waals surface area contributed by atoms with E-state index in [4.69, 9.17) is 5.26 Å². The second kappa shape index (κ2) is 5.34. The Labute approximate surface area is 96.8 Å². The van der Waals surface area contributed by atoms with Crippen LogP contribution in [0.2, 0.25) is 0 Å². The zero-order valence-electron chi connectivity index (χ0n) is 9.33. The molecule has 0 radical (unpaired) electrons. The van der Waals surface area contributed by atoms with Gasteiger partial charge in [-0.1, -0.05) is 0 Å². The Balaban J connectivity index is 3.35. The first kappa shape index (κ1) is 13.0. The van der Waals surface area contributed by atoms with Gasteiger partial charge < -0.3 is 4.74 Å². The number of carbonyl (C=O) groups is 1. The first-order chi connectivity index (χ1) is 8.01. The predicted molar refractivity (Wildman–Crippen MR) is 54.4 cm³/mol. The molecule has 4 nitrogen and oxygen atoms in total. The van der Waals surface area contributed by atoms with Gasteiger partial charge in [0.05, 0.1) is 19.1 Å². The van der Waals surface area contributed by atoms with Crippen LogP contribution in [-0.2, 0) is 16.0 Å². The van der Waals surface area contributed by atoms with E-state index in [1.807, 2.05) is 0 Å². The third kappa shape index (κ3) is 2.75. The molecule has 0 atom stereocenters. The first-order valence-corrected chi connectivity index (χ1v) is 4.74. The first-order valence-electron chi connectivity index (χ1n) is 4.74. The van der Waals surface area contributed by atoms with Crippen molar-refractivity contribution in [3.05, 3.63) is 28.6 Å². The minimum atomic E-state index is -2.83. The van der Waals surface area contributed by atoms with Crippen LogP contribution in [0, 0.1) is 18.3 Å². The number of hydrogen-bond donors (Lipinski definition) is 0. The maximum Gasteiger partial charge on any atom is 0.310 e. The summed E-state index contributed by atoms with van der Waals surface area (Å²) in [6, 6.07) is 1.64. The molecule has 0 aromatic carbocycles. The molecule has 0 amide bonds. The van der Waals surface area contributed by atoms with Crippen LogP contribution in [0.4, 0.5) is 8.78 Å². The third-order valence-electron chi connectivity index (χ3n) is 2.33. The Hall–Kier alpha value is -2.03. The van der Waals surface area contributed by atoms with E-state index in [1.165, 1.54) is 14.0 Å². The normalized spacial score (nSPS) is 10.1. The molecule has 1 rings (SSSR count). The fraction of sp³-hybridized carbons (Fsp3) is 0.364. The Morgan fingerprint density at radius 2 is 2.29 bits per heavy atom. The summed E-state index contributed by atoms with van der Waals surface area (Å²) in [7, 11) is 1.17. The number of carbonyl (C=O) groups excluding carboxylic acids is 1. The molecule has 0 spiro atoms. The molecule has 0 saturated carbocycles. The van der Waals surface area contributed by atoms with Crippen LogP contribution in [0.1, 0.15) is 28.8 Å². The van der Waals surface area contributed by atoms with Crippen molar-refractivity contribution in [2.75, 3.05) is 7.11 Å². The second-order valence-corrected chi connectivity index (χ2v) is 3.31. The number of rotatable bonds is 3. The molecule has 1 heterocycles. The number of ether oxygens (including phenoxy) is 1. The van der Waals surface area contributed by atoms with Gasteiger partial charge in [0, 0.05) is 17.5 Å². The topological polar surface area (TPSA) is 63.0 Å². The number of nitriles is 1. The van der Waals surface area contributed by atoms with E-state index in [0.29, 0.717) is 5.69 Å². The molecule has 0 aliphatic heterocycles. The van der Waals surface area contributed by atoms with Gasteiger partial charge in [-0.3, -0.25) is 9.78 Å². The Kier molecular flexibility index (Phi) is 4.10. The number of hydrogen-bond acceptors (Lipinski definition) is 4. The zero-order chi connectivity index (χ0) is 13.0. The minimum absolute atomic E-state index is 0.0610. The van der Waals surface area contributed by atoms with Gasteiger partial charge in [-0.15, -0.1) is 0 Å². The summed E-state index contributed by atoms with van der Waals surface area (Å²) < 4.78 is 30.2. The average Bonchev–Trinajstić information content (AvgIpc) is 2.30. The molecule has 0 N–H and O–H groups in total. The Morgan fingerprint density at radius 3 is 2.76 bits per heavy atom. The number of aryl methyl sites for hydroxylation is 1. The summed E-state index contributed by atoms with van der Waals surface area (Å²) in [5, 5.41) is 8.73. The summed E-state index contributed by atoms with van der Waals surface area (Å²) in [4.78, 5) is 14.9. The van der Waals surface area contributed by atoms with Crippen molar-refractivity contribution in [1.82, 2.24) is 4.98 Å². The molecule has 6 heteroatoms. The molecule has 0 saturated heterocycles. The van der Waals surface area contributed by atoms with Gasteiger partial charge >= 0.3 is 5.97 Å². The number of methoxy groups -OCH3 is 1. The lowest BCUT2D eigenvalue weighted by atomic mass is 10.00. The number of esters is 1. The molecule has 0 unspecified atom stereocenters. The number of pyridine rings is 1. The fourth-order valence-corrected chi connectivity index (χ4v) is 1.44. The number of nitrogens with zero attached hydrogens (tertiary/aromatic N) is 2. The maximum absolute atomic E-state index is 12.9. The van der Waals surface area contributed by atoms with E-state index < -0.39 is 18.0 Å². The Bertz CT molecular complexity index is 481. The van der Waals surface area contributed by atoms with Crippen LogP contribution in [0.15, 0.2) is 6.20 Å². The van der Waals surface area contributed by atoms with Crippen molar-refractivity contribution in [3.63, 3.8) is 0 Å². The van der Waals surface area contributed by atoms with Gasteiger partial charge in [-0.25, -0.2) is 8.78 Å². The van der Waals surface area contributed by atoms with Crippen LogP contribution < -0.4 is 0 Å². The van der Waals surface area contributed by atoms with Crippen molar-refractivity contribution in [2.24, 2.45) is 0 Å². The molecule has 0 fully saturated rings. The van der Waals surface area contributed by atoms with Crippen LogP contribution in [0.3, 0.4) is 0 Å². The molecular formula is C11H10F2N2O2. The average molecular weight is 240 g/mol. The van der Waals surface area contributed by atoms with E-state index in [-0.39, 0.29) is 17.5 Å². The van der Waals surface area contributed by atoms with Crippen LogP contribution in [0.25, 0.3) is 0 Å². The maximum atomic E-state index is 12.9. The standard InChI is InChI=1S/C11H10F2N2O2/c1-6-8(3-9(16)17-2)10(11(12)13)7(4-14)5-15-6/h5,11H,3H2,1-2H3. The van der Waals surface area contributed by atoms with E-state index >= 15 is 0 Å². The lowest BCUT2D eigenvalue weighted by Crippen LogP contribution is -2.11. The van der Waals surface area contributed by atoms with Crippen molar-refractivity contribution < 1.29 is 18.3 Å². The molecular weight excluding hydrogens is 230 g/mol. The monoisotopic (exact) mass is 240 g/mol. The summed E-state index contributed by atoms with van der Waals surface area (Å²) in [5.41, 5.74) is -0.300. The molecule has 1 aromatic rings. The number of aromatic nitrogens is 1. The summed E-state index contributed by atoms with van der Waals surface area (Å²) in [6.45, 7) is 1.51. The van der Waals surface area contributed by atoms with Gasteiger partial charge in [-0.2, -0.15) is 5.26 Å². The largest absolute Gasteiger partial charge is 0.469 e. The van der Waals surface area contributed by atoms with Gasteiger partial charge in [0.2, 0.25) is 0 Å². The highest BCUT2D eigenvalue weighted by atomic mass is 19.3. The Morgan fingerprint density at radius 1 is 1.65 bits per heavy atom. The summed E-state index contributed by atoms with van der Waals surface area (Å²) in [5.74, 6) is -0.646. The highest BCUT2D eigenvalue weighted by Gasteiger charge is 2.22. The summed E-state index contributed by atoms with van der Waals surface area (Å²) in [6.07, 6.45) is -2.06. The third-order valence-corrected chi connectivity index (χ3v) is 2.33. The van der Waals surface area contributed by atoms with E-state index in [0.717, 1.165) is 6.20 Å². The van der Waals surface area contributed by atoms with Crippen molar-refractivity contribution in [1.29, 1.82) is 5.26 Å². The van der Waals surface area contributed by atoms with Crippen LogP contribution in [-0.4, -0.2) is 18.1 Å². The van der Waals surface area contributed by atoms with E-state index in [2.05, 4.69) is 9.72 Å². The lowest BCUT2D eigenvalue weighted by molar-refractivity contribution is -0.139. The SMILES string of the molecule is COC(=O)Cc1c(C)ncc(C#N)c1C(F)F. The smallest absolute Gasteiger partial charge is 0.310 e. The molecule has 0 aliphatic rings. The molecule has 0 bridgehead atoms. The van der Waals surface area contributed by atoms with Crippen LogP contribution >= 0.6 is 0 Å². The van der Waals surface area contributed by atoms with Crippen LogP contribution in [0.5, 0.6) is 0 Å². The van der Waals surface area contributed by atoms with Crippen molar-refractivity contribution >= 4 is 5.97 Å². The highest BCUT2D eigenvalue weighted by molar-refractivity contribution is 5.73. The number of alkyl halides is 2. The fourth-order valence-electron chi connectivity index (χ4n) is 1.44. The van der Waals surface area contributed by atoms with Crippen molar-refractivity contribution in [3.8, 4) is 6.07 Å². The molecule has 0 aliphatic carbocycles. The summed E-state index contributed by atoms with van der Waals surface area (Å²) >= 11 is 0. The molecule has 1 aromatic heterocycles. The molecule has 90 valence electrons. The van der Waals surface area contributed by atoms with Gasteiger partial charge in [-0.05, 0) is 12.5 Å². The van der Waals surface area contributed by atoms with Crippen molar-refractivity contribution in [2.45, 2.75) is 19.8 Å². The highest BCUT2D eigenvalue weighted by Crippen LogP contribution is 2.28. The van der Waals surface area contributed by atoms with Gasteiger partial charge in [0.25, 0.3) is 6.43 Å². The molecule has 17 heavy (non-hydrogen) atoms. The quantitative estimate of drug-likeness (QED) is 0.757. The lowest BCUT2D eigenvalue weighted by Gasteiger charge is -2.11. The number of halogens is 2. The minimum Gasteiger partial charge on any atom is -0.469 e. The predicted octanol–water partition coefficient (Wildman–Crippen LogP) is 1.91. The van der Waals surface area contributed by atoms with Gasteiger partial charge in [0.1, 0.15) is 6.07 Å². The van der Waals surface area contributed by atoms with E-state index in [1.54, 1.807) is 6.07 Å². The second-order valence-electron chi connectivity index (χ2n) is 3.31. The zero-order valence-corrected chi connectivity index (χ0v) is 9.33.